The average Bonchev–Trinajstić information content (AvgIpc) is 3.14. The van der Waals surface area contributed by atoms with Crippen LogP contribution >= 0.6 is 0 Å². The summed E-state index contributed by atoms with van der Waals surface area (Å²) >= 11 is 0. The largest absolute Gasteiger partial charge is 0.352 e. The van der Waals surface area contributed by atoms with Crippen LogP contribution in [0.1, 0.15) is 16.1 Å². The van der Waals surface area contributed by atoms with Crippen molar-refractivity contribution < 1.29 is 4.79 Å². The van der Waals surface area contributed by atoms with Crippen LogP contribution in [-0.4, -0.2) is 32.2 Å². The maximum Gasteiger partial charge on any atom is 0.254 e. The summed E-state index contributed by atoms with van der Waals surface area (Å²) in [7, 11) is 0. The fourth-order valence-electron chi connectivity index (χ4n) is 3.24. The van der Waals surface area contributed by atoms with Crippen LogP contribution in [0.15, 0.2) is 61.1 Å². The lowest BCUT2D eigenvalue weighted by molar-refractivity contribution is 0.0946. The molecule has 1 amide bonds. The fourth-order valence-corrected chi connectivity index (χ4v) is 3.24. The van der Waals surface area contributed by atoms with Crippen LogP contribution in [0.5, 0.6) is 0 Å². The SMILES string of the molecule is O=C1NCCc2nn(-c3ccnc(-c4cnc5ccccc5c4)c3)cc21. The molecule has 126 valence electrons. The lowest BCUT2D eigenvalue weighted by Crippen LogP contribution is -2.31. The Kier molecular flexibility index (Phi) is 3.28. The minimum atomic E-state index is -0.0643. The Labute approximate surface area is 149 Å². The van der Waals surface area contributed by atoms with Gasteiger partial charge in [0.25, 0.3) is 5.91 Å². The van der Waals surface area contributed by atoms with Gasteiger partial charge in [0.1, 0.15) is 0 Å². The molecule has 6 heteroatoms. The number of rotatable bonds is 2. The fraction of sp³-hybridized carbons (Fsp3) is 0.100. The number of pyridine rings is 2. The summed E-state index contributed by atoms with van der Waals surface area (Å²) in [4.78, 5) is 20.9. The molecule has 0 fully saturated rings. The molecule has 1 aromatic carbocycles. The molecule has 0 aliphatic carbocycles. The first-order valence-corrected chi connectivity index (χ1v) is 8.46. The highest BCUT2D eigenvalue weighted by molar-refractivity contribution is 5.96. The average molecular weight is 341 g/mol. The van der Waals surface area contributed by atoms with Crippen LogP contribution in [0.3, 0.4) is 0 Å². The normalized spacial score (nSPS) is 13.5. The first kappa shape index (κ1) is 14.8. The van der Waals surface area contributed by atoms with Crippen molar-refractivity contribution in [2.45, 2.75) is 6.42 Å². The molecule has 26 heavy (non-hydrogen) atoms. The quantitative estimate of drug-likeness (QED) is 0.608. The third-order valence-corrected chi connectivity index (χ3v) is 4.58. The number of benzene rings is 1. The summed E-state index contributed by atoms with van der Waals surface area (Å²) in [5, 5.41) is 8.49. The van der Waals surface area contributed by atoms with Gasteiger partial charge in [0.05, 0.1) is 28.2 Å². The number of hydrogen-bond acceptors (Lipinski definition) is 4. The molecule has 0 unspecified atom stereocenters. The van der Waals surface area contributed by atoms with Gasteiger partial charge in [-0.1, -0.05) is 18.2 Å². The van der Waals surface area contributed by atoms with Crippen LogP contribution < -0.4 is 5.32 Å². The van der Waals surface area contributed by atoms with Crippen molar-refractivity contribution in [3.63, 3.8) is 0 Å². The highest BCUT2D eigenvalue weighted by atomic mass is 16.1. The number of nitrogens with one attached hydrogen (secondary N) is 1. The molecule has 1 N–H and O–H groups in total. The third-order valence-electron chi connectivity index (χ3n) is 4.58. The molecule has 1 aliphatic heterocycles. The van der Waals surface area contributed by atoms with Gasteiger partial charge in [-0.05, 0) is 24.3 Å². The van der Waals surface area contributed by atoms with Crippen molar-refractivity contribution in [1.82, 2.24) is 25.1 Å². The van der Waals surface area contributed by atoms with Crippen LogP contribution in [0.4, 0.5) is 0 Å². The van der Waals surface area contributed by atoms with Crippen molar-refractivity contribution in [3.05, 3.63) is 72.3 Å². The van der Waals surface area contributed by atoms with E-state index in [1.807, 2.05) is 42.6 Å². The summed E-state index contributed by atoms with van der Waals surface area (Å²) in [5.74, 6) is -0.0643. The molecule has 4 heterocycles. The molecule has 6 nitrogen and oxygen atoms in total. The van der Waals surface area contributed by atoms with E-state index in [9.17, 15) is 4.79 Å². The molecule has 0 saturated heterocycles. The van der Waals surface area contributed by atoms with Gasteiger partial charge in [0, 0.05) is 42.5 Å². The zero-order valence-corrected chi connectivity index (χ0v) is 13.9. The molecule has 1 aliphatic rings. The summed E-state index contributed by atoms with van der Waals surface area (Å²) in [6, 6.07) is 13.9. The van der Waals surface area contributed by atoms with E-state index in [0.29, 0.717) is 12.1 Å². The standard InChI is InChI=1S/C20H15N5O/c26-20-16-12-25(24-18(16)6-8-22-20)15-5-7-21-19(10-15)14-9-13-3-1-2-4-17(13)23-11-14/h1-5,7,9-12H,6,8H2,(H,22,26). The molecule has 5 rings (SSSR count). The summed E-state index contributed by atoms with van der Waals surface area (Å²) in [6.45, 7) is 0.632. The Bertz CT molecular complexity index is 1150. The molecule has 4 aromatic rings. The van der Waals surface area contributed by atoms with Gasteiger partial charge in [-0.15, -0.1) is 0 Å². The van der Waals surface area contributed by atoms with Gasteiger partial charge in [-0.25, -0.2) is 4.68 Å². The van der Waals surface area contributed by atoms with Crippen molar-refractivity contribution in [1.29, 1.82) is 0 Å². The van der Waals surface area contributed by atoms with Crippen molar-refractivity contribution in [2.24, 2.45) is 0 Å². The lowest BCUT2D eigenvalue weighted by atomic mass is 10.1. The first-order valence-electron chi connectivity index (χ1n) is 8.46. The van der Waals surface area contributed by atoms with Crippen LogP contribution in [0.2, 0.25) is 0 Å². The topological polar surface area (TPSA) is 72.7 Å². The zero-order chi connectivity index (χ0) is 17.5. The van der Waals surface area contributed by atoms with Gasteiger partial charge in [-0.3, -0.25) is 14.8 Å². The van der Waals surface area contributed by atoms with Crippen molar-refractivity contribution >= 4 is 16.8 Å². The number of fused-ring (bicyclic) bond motifs is 2. The van der Waals surface area contributed by atoms with E-state index in [2.05, 4.69) is 26.4 Å². The van der Waals surface area contributed by atoms with Gasteiger partial charge in [0.15, 0.2) is 0 Å². The molecular formula is C20H15N5O. The lowest BCUT2D eigenvalue weighted by Gasteiger charge is -2.09. The van der Waals surface area contributed by atoms with E-state index in [4.69, 9.17) is 0 Å². The summed E-state index contributed by atoms with van der Waals surface area (Å²) < 4.78 is 1.75. The Morgan fingerprint density at radius 3 is 2.92 bits per heavy atom. The second-order valence-corrected chi connectivity index (χ2v) is 6.26. The van der Waals surface area contributed by atoms with E-state index in [-0.39, 0.29) is 5.91 Å². The minimum Gasteiger partial charge on any atom is -0.352 e. The molecular weight excluding hydrogens is 326 g/mol. The number of amides is 1. The first-order chi connectivity index (χ1) is 12.8. The van der Waals surface area contributed by atoms with E-state index in [1.54, 1.807) is 17.1 Å². The number of para-hydroxylation sites is 1. The van der Waals surface area contributed by atoms with Crippen molar-refractivity contribution in [2.75, 3.05) is 6.54 Å². The van der Waals surface area contributed by atoms with E-state index in [1.165, 1.54) is 0 Å². The smallest absolute Gasteiger partial charge is 0.254 e. The number of carbonyl (C=O) groups is 1. The Balaban J connectivity index is 1.57. The Morgan fingerprint density at radius 2 is 2.00 bits per heavy atom. The number of nitrogens with zero attached hydrogens (tertiary/aromatic N) is 4. The second-order valence-electron chi connectivity index (χ2n) is 6.26. The van der Waals surface area contributed by atoms with Gasteiger partial charge < -0.3 is 5.32 Å². The summed E-state index contributed by atoms with van der Waals surface area (Å²) in [5.41, 5.74) is 5.06. The van der Waals surface area contributed by atoms with E-state index in [0.717, 1.165) is 40.0 Å². The van der Waals surface area contributed by atoms with Gasteiger partial charge >= 0.3 is 0 Å². The Morgan fingerprint density at radius 1 is 1.08 bits per heavy atom. The number of hydrogen-bond donors (Lipinski definition) is 1. The maximum atomic E-state index is 12.0. The highest BCUT2D eigenvalue weighted by Gasteiger charge is 2.20. The van der Waals surface area contributed by atoms with E-state index < -0.39 is 0 Å². The molecule has 0 saturated carbocycles. The van der Waals surface area contributed by atoms with Gasteiger partial charge in [0.2, 0.25) is 0 Å². The molecule has 0 radical (unpaired) electrons. The monoisotopic (exact) mass is 341 g/mol. The van der Waals surface area contributed by atoms with E-state index >= 15 is 0 Å². The minimum absolute atomic E-state index is 0.0643. The van der Waals surface area contributed by atoms with Crippen LogP contribution in [-0.2, 0) is 6.42 Å². The number of aromatic nitrogens is 4. The molecule has 0 atom stereocenters. The molecule has 0 spiro atoms. The highest BCUT2D eigenvalue weighted by Crippen LogP contribution is 2.23. The second kappa shape index (κ2) is 5.77. The van der Waals surface area contributed by atoms with Crippen molar-refractivity contribution in [3.8, 4) is 16.9 Å². The van der Waals surface area contributed by atoms with Crippen LogP contribution in [0.25, 0.3) is 27.8 Å². The predicted molar refractivity (Wildman–Crippen MR) is 98.1 cm³/mol. The Hall–Kier alpha value is -3.54. The van der Waals surface area contributed by atoms with Crippen LogP contribution in [0, 0.1) is 0 Å². The molecule has 3 aromatic heterocycles. The maximum absolute atomic E-state index is 12.0. The third kappa shape index (κ3) is 2.43. The number of carbonyl (C=O) groups excluding carboxylic acids is 1. The molecule has 0 bridgehead atoms. The van der Waals surface area contributed by atoms with Gasteiger partial charge in [-0.2, -0.15) is 5.10 Å². The predicted octanol–water partition coefficient (Wildman–Crippen LogP) is 2.77. The zero-order valence-electron chi connectivity index (χ0n) is 13.9. The summed E-state index contributed by atoms with van der Waals surface area (Å²) in [6.07, 6.45) is 6.11.